The van der Waals surface area contributed by atoms with Crippen LogP contribution in [0, 0.1) is 0 Å². The summed E-state index contributed by atoms with van der Waals surface area (Å²) in [6, 6.07) is 2.59. The maximum absolute atomic E-state index is 11.7. The Balaban J connectivity index is 1.78. The third-order valence-corrected chi connectivity index (χ3v) is 3.37. The number of carbonyl (C=O) groups is 2. The lowest BCUT2D eigenvalue weighted by Gasteiger charge is -2.19. The second kappa shape index (κ2) is 6.42. The van der Waals surface area contributed by atoms with Gasteiger partial charge in [0.05, 0.1) is 18.7 Å². The first kappa shape index (κ1) is 14.4. The zero-order chi connectivity index (χ0) is 14.5. The number of urea groups is 1. The van der Waals surface area contributed by atoms with Crippen molar-refractivity contribution in [1.29, 1.82) is 0 Å². The molecule has 0 aliphatic heterocycles. The molecule has 20 heavy (non-hydrogen) atoms. The summed E-state index contributed by atoms with van der Waals surface area (Å²) in [6.07, 6.45) is 2.93. The molecule has 0 saturated heterocycles. The van der Waals surface area contributed by atoms with Gasteiger partial charge in [-0.2, -0.15) is 0 Å². The van der Waals surface area contributed by atoms with Crippen LogP contribution in [0.25, 0.3) is 0 Å². The van der Waals surface area contributed by atoms with E-state index in [9.17, 15) is 9.59 Å². The molecule has 0 radical (unpaired) electrons. The summed E-state index contributed by atoms with van der Waals surface area (Å²) in [6.45, 7) is 0.142. The predicted molar refractivity (Wildman–Crippen MR) is 69.5 cm³/mol. The van der Waals surface area contributed by atoms with Gasteiger partial charge in [-0.05, 0) is 31.4 Å². The number of furan rings is 1. The molecule has 1 aromatic heterocycles. The summed E-state index contributed by atoms with van der Waals surface area (Å²) in [7, 11) is 1.64. The SMILES string of the molecule is COC1CCCC1NC(=O)NCc1ccc(C(=O)O)o1. The minimum atomic E-state index is -1.13. The van der Waals surface area contributed by atoms with Crippen molar-refractivity contribution in [2.24, 2.45) is 0 Å². The highest BCUT2D eigenvalue weighted by Gasteiger charge is 2.28. The molecule has 1 heterocycles. The first-order valence-corrected chi connectivity index (χ1v) is 6.49. The minimum Gasteiger partial charge on any atom is -0.475 e. The van der Waals surface area contributed by atoms with Crippen LogP contribution < -0.4 is 10.6 Å². The molecule has 7 heteroatoms. The largest absolute Gasteiger partial charge is 0.475 e. The number of hydrogen-bond acceptors (Lipinski definition) is 4. The van der Waals surface area contributed by atoms with E-state index >= 15 is 0 Å². The topological polar surface area (TPSA) is 101 Å². The Kier molecular flexibility index (Phi) is 4.62. The van der Waals surface area contributed by atoms with E-state index in [4.69, 9.17) is 14.3 Å². The van der Waals surface area contributed by atoms with Crippen LogP contribution in [-0.2, 0) is 11.3 Å². The van der Waals surface area contributed by atoms with Crippen LogP contribution in [0.1, 0.15) is 35.6 Å². The van der Waals surface area contributed by atoms with Gasteiger partial charge in [-0.15, -0.1) is 0 Å². The second-order valence-electron chi connectivity index (χ2n) is 4.71. The van der Waals surface area contributed by atoms with Crippen molar-refractivity contribution in [2.45, 2.75) is 38.0 Å². The highest BCUT2D eigenvalue weighted by molar-refractivity contribution is 5.84. The van der Waals surface area contributed by atoms with E-state index in [-0.39, 0.29) is 30.5 Å². The lowest BCUT2D eigenvalue weighted by atomic mass is 10.2. The fraction of sp³-hybridized carbons (Fsp3) is 0.538. The number of nitrogens with one attached hydrogen (secondary N) is 2. The van der Waals surface area contributed by atoms with Gasteiger partial charge >= 0.3 is 12.0 Å². The van der Waals surface area contributed by atoms with Crippen LogP contribution in [-0.4, -0.2) is 36.4 Å². The Morgan fingerprint density at radius 3 is 2.90 bits per heavy atom. The maximum atomic E-state index is 11.7. The standard InChI is InChI=1S/C13H18N2O5/c1-19-10-4-2-3-9(10)15-13(18)14-7-8-5-6-11(20-8)12(16)17/h5-6,9-10H,2-4,7H2,1H3,(H,16,17)(H2,14,15,18). The van der Waals surface area contributed by atoms with Gasteiger partial charge in [0, 0.05) is 7.11 Å². The molecule has 0 spiro atoms. The summed E-state index contributed by atoms with van der Waals surface area (Å²) >= 11 is 0. The zero-order valence-corrected chi connectivity index (χ0v) is 11.2. The Morgan fingerprint density at radius 1 is 1.45 bits per heavy atom. The lowest BCUT2D eigenvalue weighted by molar-refractivity contribution is 0.0660. The lowest BCUT2D eigenvalue weighted by Crippen LogP contribution is -2.45. The molecule has 1 saturated carbocycles. The number of methoxy groups -OCH3 is 1. The van der Waals surface area contributed by atoms with Crippen LogP contribution in [0.5, 0.6) is 0 Å². The van der Waals surface area contributed by atoms with Crippen LogP contribution in [0.3, 0.4) is 0 Å². The van der Waals surface area contributed by atoms with Crippen LogP contribution in [0.2, 0.25) is 0 Å². The van der Waals surface area contributed by atoms with E-state index in [0.717, 1.165) is 19.3 Å². The number of carbonyl (C=O) groups excluding carboxylic acids is 1. The molecule has 2 atom stereocenters. The smallest absolute Gasteiger partial charge is 0.371 e. The third kappa shape index (κ3) is 3.51. The first-order valence-electron chi connectivity index (χ1n) is 6.49. The molecule has 2 rings (SSSR count). The summed E-state index contributed by atoms with van der Waals surface area (Å²) < 4.78 is 10.3. The van der Waals surface area contributed by atoms with Gasteiger partial charge in [-0.25, -0.2) is 9.59 Å². The summed E-state index contributed by atoms with van der Waals surface area (Å²) in [5.41, 5.74) is 0. The quantitative estimate of drug-likeness (QED) is 0.756. The van der Waals surface area contributed by atoms with Gasteiger partial charge in [0.15, 0.2) is 0 Å². The summed E-state index contributed by atoms with van der Waals surface area (Å²) in [5, 5.41) is 14.2. The van der Waals surface area contributed by atoms with Gasteiger partial charge in [0.1, 0.15) is 5.76 Å². The number of hydrogen-bond donors (Lipinski definition) is 3. The molecule has 0 aromatic carbocycles. The fourth-order valence-corrected chi connectivity index (χ4v) is 2.35. The van der Waals surface area contributed by atoms with E-state index in [1.54, 1.807) is 7.11 Å². The zero-order valence-electron chi connectivity index (χ0n) is 11.2. The van der Waals surface area contributed by atoms with Gasteiger partial charge in [-0.1, -0.05) is 0 Å². The Labute approximate surface area is 116 Å². The third-order valence-electron chi connectivity index (χ3n) is 3.37. The summed E-state index contributed by atoms with van der Waals surface area (Å²) in [4.78, 5) is 22.4. The van der Waals surface area contributed by atoms with Crippen molar-refractivity contribution in [3.05, 3.63) is 23.7 Å². The molecule has 1 aromatic rings. The molecule has 2 unspecified atom stereocenters. The van der Waals surface area contributed by atoms with Gasteiger partial charge in [0.25, 0.3) is 0 Å². The van der Waals surface area contributed by atoms with Gasteiger partial charge < -0.3 is 24.9 Å². The monoisotopic (exact) mass is 282 g/mol. The van der Waals surface area contributed by atoms with E-state index in [0.29, 0.717) is 5.76 Å². The molecule has 7 nitrogen and oxygen atoms in total. The highest BCUT2D eigenvalue weighted by atomic mass is 16.5. The molecule has 1 aliphatic carbocycles. The predicted octanol–water partition coefficient (Wildman–Crippen LogP) is 1.34. The number of aromatic carboxylic acids is 1. The van der Waals surface area contributed by atoms with Gasteiger partial charge in [0.2, 0.25) is 5.76 Å². The Morgan fingerprint density at radius 2 is 2.25 bits per heavy atom. The van der Waals surface area contributed by atoms with Crippen LogP contribution in [0.4, 0.5) is 4.79 Å². The molecule has 0 bridgehead atoms. The van der Waals surface area contributed by atoms with Crippen molar-refractivity contribution in [3.8, 4) is 0 Å². The summed E-state index contributed by atoms with van der Waals surface area (Å²) in [5.74, 6) is -0.876. The van der Waals surface area contributed by atoms with Crippen LogP contribution >= 0.6 is 0 Å². The van der Waals surface area contributed by atoms with Crippen molar-refractivity contribution in [1.82, 2.24) is 10.6 Å². The van der Waals surface area contributed by atoms with Crippen molar-refractivity contribution in [3.63, 3.8) is 0 Å². The van der Waals surface area contributed by atoms with Crippen LogP contribution in [0.15, 0.2) is 16.5 Å². The van der Waals surface area contributed by atoms with Crippen molar-refractivity contribution >= 4 is 12.0 Å². The molecule has 1 aliphatic rings. The van der Waals surface area contributed by atoms with E-state index < -0.39 is 5.97 Å². The first-order chi connectivity index (χ1) is 9.60. The normalized spacial score (nSPS) is 21.6. The molecular formula is C13H18N2O5. The number of rotatable bonds is 5. The molecule has 110 valence electrons. The van der Waals surface area contributed by atoms with Crippen molar-refractivity contribution < 1.29 is 23.8 Å². The molecule has 2 amide bonds. The number of ether oxygens (including phenoxy) is 1. The molecule has 3 N–H and O–H groups in total. The Bertz CT molecular complexity index is 485. The minimum absolute atomic E-state index is 0.0196. The maximum Gasteiger partial charge on any atom is 0.371 e. The van der Waals surface area contributed by atoms with Crippen molar-refractivity contribution in [2.75, 3.05) is 7.11 Å². The average molecular weight is 282 g/mol. The molecular weight excluding hydrogens is 264 g/mol. The molecule has 1 fully saturated rings. The van der Waals surface area contributed by atoms with E-state index in [1.165, 1.54) is 12.1 Å². The number of carboxylic acid groups (broad SMARTS) is 1. The fourth-order valence-electron chi connectivity index (χ4n) is 2.35. The highest BCUT2D eigenvalue weighted by Crippen LogP contribution is 2.21. The van der Waals surface area contributed by atoms with E-state index in [2.05, 4.69) is 10.6 Å². The Hall–Kier alpha value is -2.02. The second-order valence-corrected chi connectivity index (χ2v) is 4.71. The number of amides is 2. The van der Waals surface area contributed by atoms with E-state index in [1.807, 2.05) is 0 Å². The van der Waals surface area contributed by atoms with Gasteiger partial charge in [-0.3, -0.25) is 0 Å². The average Bonchev–Trinajstić information content (AvgIpc) is 3.04. The number of carboxylic acids is 1.